The zero-order valence-corrected chi connectivity index (χ0v) is 12.9. The molecule has 0 fully saturated rings. The van der Waals surface area contributed by atoms with Crippen molar-refractivity contribution < 1.29 is 28.9 Å². The molecule has 2 aromatic heterocycles. The average molecular weight is 318 g/mol. The summed E-state index contributed by atoms with van der Waals surface area (Å²) in [5.74, 6) is -0.125. The van der Waals surface area contributed by atoms with Crippen LogP contribution in [0.2, 0.25) is 0 Å². The van der Waals surface area contributed by atoms with Gasteiger partial charge in [-0.05, 0) is 36.8 Å². The molecular weight excluding hydrogens is 300 g/mol. The first kappa shape index (κ1) is 16.5. The zero-order chi connectivity index (χ0) is 16.8. The molecule has 0 atom stereocenters. The smallest absolute Gasteiger partial charge is 0.339 e. The van der Waals surface area contributed by atoms with Crippen molar-refractivity contribution in [1.82, 2.24) is 0 Å². The monoisotopic (exact) mass is 318 g/mol. The quantitative estimate of drug-likeness (QED) is 0.744. The molecule has 0 aliphatic heterocycles. The third kappa shape index (κ3) is 4.06. The zero-order valence-electron chi connectivity index (χ0n) is 12.9. The number of methoxy groups -OCH3 is 1. The van der Waals surface area contributed by atoms with E-state index in [-0.39, 0.29) is 11.3 Å². The molecule has 2 heterocycles. The van der Waals surface area contributed by atoms with E-state index in [4.69, 9.17) is 19.0 Å². The molecule has 122 valence electrons. The van der Waals surface area contributed by atoms with E-state index in [9.17, 15) is 9.90 Å². The standard InChI is InChI=1S/C10H12O4.C7H6O2/c1-2-5-14-7-3-4-9(11)8(6-7)10(12)13;1-8-7-4-5-2-3-6(7)9-5/h3-4,6,11H,2,5H2,1H3,(H,12,13);2-4H,1H3. The summed E-state index contributed by atoms with van der Waals surface area (Å²) in [4.78, 5) is 10.6. The fraction of sp³-hybridized carbons (Fsp3) is 0.235. The Labute approximate surface area is 133 Å². The minimum absolute atomic E-state index is 0.140. The number of fused-ring (bicyclic) bond motifs is 2. The van der Waals surface area contributed by atoms with Crippen LogP contribution in [0.15, 0.2) is 40.8 Å². The highest BCUT2D eigenvalue weighted by atomic mass is 16.5. The SMILES string of the molecule is CCCOc1ccc(O)c(C(=O)O)c1.COc1cc2ccc1o2. The number of hydrogen-bond acceptors (Lipinski definition) is 5. The fourth-order valence-electron chi connectivity index (χ4n) is 1.92. The molecule has 6 nitrogen and oxygen atoms in total. The topological polar surface area (TPSA) is 89.1 Å². The fourth-order valence-corrected chi connectivity index (χ4v) is 1.92. The van der Waals surface area contributed by atoms with Crippen LogP contribution in [-0.2, 0) is 0 Å². The van der Waals surface area contributed by atoms with Gasteiger partial charge in [0.25, 0.3) is 0 Å². The van der Waals surface area contributed by atoms with Crippen molar-refractivity contribution in [2.75, 3.05) is 13.7 Å². The molecule has 2 N–H and O–H groups in total. The molecule has 0 aliphatic rings. The first-order chi connectivity index (χ1) is 11.0. The number of benzene rings is 2. The molecule has 0 unspecified atom stereocenters. The van der Waals surface area contributed by atoms with Crippen LogP contribution in [0.4, 0.5) is 0 Å². The number of aromatic carboxylic acids is 1. The van der Waals surface area contributed by atoms with Crippen LogP contribution in [0.25, 0.3) is 11.2 Å². The van der Waals surface area contributed by atoms with E-state index < -0.39 is 5.97 Å². The molecule has 0 radical (unpaired) electrons. The molecule has 0 aliphatic carbocycles. The lowest BCUT2D eigenvalue weighted by molar-refractivity contribution is 0.0693. The van der Waals surface area contributed by atoms with E-state index in [0.717, 1.165) is 23.3 Å². The molecule has 2 bridgehead atoms. The summed E-state index contributed by atoms with van der Waals surface area (Å²) >= 11 is 0. The lowest BCUT2D eigenvalue weighted by atomic mass is 10.2. The van der Waals surface area contributed by atoms with Gasteiger partial charge in [-0.3, -0.25) is 0 Å². The summed E-state index contributed by atoms with van der Waals surface area (Å²) in [6.45, 7) is 2.49. The van der Waals surface area contributed by atoms with Gasteiger partial charge >= 0.3 is 5.97 Å². The molecule has 3 rings (SSSR count). The molecule has 0 saturated heterocycles. The number of carboxylic acids is 1. The van der Waals surface area contributed by atoms with Crippen molar-refractivity contribution in [3.8, 4) is 17.2 Å². The normalized spacial score (nSPS) is 10.2. The molecule has 6 heteroatoms. The van der Waals surface area contributed by atoms with Crippen molar-refractivity contribution in [1.29, 1.82) is 0 Å². The van der Waals surface area contributed by atoms with Gasteiger partial charge in [0.1, 0.15) is 22.6 Å². The third-order valence-electron chi connectivity index (χ3n) is 3.03. The lowest BCUT2D eigenvalue weighted by Crippen LogP contribution is -1.99. The third-order valence-corrected chi connectivity index (χ3v) is 3.03. The van der Waals surface area contributed by atoms with Crippen LogP contribution < -0.4 is 9.47 Å². The minimum atomic E-state index is -1.16. The molecule has 1 aromatic carbocycles. The summed E-state index contributed by atoms with van der Waals surface area (Å²) in [6, 6.07) is 9.85. The van der Waals surface area contributed by atoms with Crippen LogP contribution >= 0.6 is 0 Å². The van der Waals surface area contributed by atoms with Crippen molar-refractivity contribution in [2.45, 2.75) is 13.3 Å². The summed E-state index contributed by atoms with van der Waals surface area (Å²) in [5.41, 5.74) is 1.56. The number of carboxylic acid groups (broad SMARTS) is 1. The maximum atomic E-state index is 10.6. The molecular formula is C17H18O6. The first-order valence-electron chi connectivity index (χ1n) is 7.10. The van der Waals surface area contributed by atoms with E-state index in [0.29, 0.717) is 12.4 Å². The van der Waals surface area contributed by atoms with E-state index in [1.807, 2.05) is 25.1 Å². The van der Waals surface area contributed by atoms with Gasteiger partial charge in [-0.2, -0.15) is 0 Å². The number of phenols is 1. The van der Waals surface area contributed by atoms with E-state index in [1.165, 1.54) is 18.2 Å². The number of carbonyl (C=O) groups is 1. The van der Waals surface area contributed by atoms with Crippen LogP contribution in [0, 0.1) is 0 Å². The number of rotatable bonds is 5. The molecule has 3 aromatic rings. The molecule has 0 saturated carbocycles. The van der Waals surface area contributed by atoms with Crippen molar-refractivity contribution >= 4 is 17.1 Å². The average Bonchev–Trinajstić information content (AvgIpc) is 3.17. The second-order valence-electron chi connectivity index (χ2n) is 4.75. The van der Waals surface area contributed by atoms with Crippen LogP contribution in [0.1, 0.15) is 23.7 Å². The highest BCUT2D eigenvalue weighted by Crippen LogP contribution is 2.28. The number of ether oxygens (including phenoxy) is 2. The summed E-state index contributed by atoms with van der Waals surface area (Å²) in [5, 5.41) is 17.9. The summed E-state index contributed by atoms with van der Waals surface area (Å²) < 4.78 is 15.4. The van der Waals surface area contributed by atoms with Gasteiger partial charge in [-0.1, -0.05) is 6.92 Å². The Hall–Kier alpha value is -2.89. The highest BCUT2D eigenvalue weighted by molar-refractivity contribution is 5.91. The predicted octanol–water partition coefficient (Wildman–Crippen LogP) is 3.76. The molecule has 23 heavy (non-hydrogen) atoms. The number of hydrogen-bond donors (Lipinski definition) is 2. The summed E-state index contributed by atoms with van der Waals surface area (Å²) in [6.07, 6.45) is 0.850. The second kappa shape index (κ2) is 7.40. The Kier molecular flexibility index (Phi) is 5.30. The largest absolute Gasteiger partial charge is 0.507 e. The number of aromatic hydroxyl groups is 1. The minimum Gasteiger partial charge on any atom is -0.507 e. The van der Waals surface area contributed by atoms with Gasteiger partial charge < -0.3 is 24.1 Å². The Morgan fingerprint density at radius 2 is 2.00 bits per heavy atom. The van der Waals surface area contributed by atoms with Crippen LogP contribution in [-0.4, -0.2) is 29.9 Å². The first-order valence-corrected chi connectivity index (χ1v) is 7.10. The Morgan fingerprint density at radius 3 is 2.48 bits per heavy atom. The van der Waals surface area contributed by atoms with E-state index >= 15 is 0 Å². The summed E-state index contributed by atoms with van der Waals surface area (Å²) in [7, 11) is 1.64. The Bertz CT molecular complexity index is 761. The van der Waals surface area contributed by atoms with Crippen LogP contribution in [0.3, 0.4) is 0 Å². The van der Waals surface area contributed by atoms with Gasteiger partial charge in [0.15, 0.2) is 11.3 Å². The predicted molar refractivity (Wildman–Crippen MR) is 84.8 cm³/mol. The van der Waals surface area contributed by atoms with Crippen molar-refractivity contribution in [3.63, 3.8) is 0 Å². The van der Waals surface area contributed by atoms with E-state index in [1.54, 1.807) is 7.11 Å². The second-order valence-corrected chi connectivity index (χ2v) is 4.75. The van der Waals surface area contributed by atoms with Gasteiger partial charge in [-0.15, -0.1) is 0 Å². The Morgan fingerprint density at radius 1 is 1.22 bits per heavy atom. The van der Waals surface area contributed by atoms with Gasteiger partial charge in [-0.25, -0.2) is 4.79 Å². The van der Waals surface area contributed by atoms with Gasteiger partial charge in [0.05, 0.1) is 13.7 Å². The highest BCUT2D eigenvalue weighted by Gasteiger charge is 2.10. The molecule has 0 amide bonds. The lowest BCUT2D eigenvalue weighted by Gasteiger charge is -2.06. The maximum absolute atomic E-state index is 10.6. The van der Waals surface area contributed by atoms with Crippen molar-refractivity contribution in [3.05, 3.63) is 42.0 Å². The number of furan rings is 2. The van der Waals surface area contributed by atoms with Gasteiger partial charge in [0, 0.05) is 6.07 Å². The van der Waals surface area contributed by atoms with Crippen LogP contribution in [0.5, 0.6) is 17.2 Å². The van der Waals surface area contributed by atoms with Gasteiger partial charge in [0.2, 0.25) is 0 Å². The van der Waals surface area contributed by atoms with E-state index in [2.05, 4.69) is 0 Å². The van der Waals surface area contributed by atoms with Crippen molar-refractivity contribution in [2.24, 2.45) is 0 Å². The Balaban J connectivity index is 0.000000182. The molecule has 0 spiro atoms. The maximum Gasteiger partial charge on any atom is 0.339 e.